The lowest BCUT2D eigenvalue weighted by molar-refractivity contribution is 0.0734. The van der Waals surface area contributed by atoms with Crippen LogP contribution < -0.4 is 0 Å². The SMILES string of the molecule is CCC(OC)[C@@H]1CO1. The van der Waals surface area contributed by atoms with Gasteiger partial charge in [0.05, 0.1) is 12.7 Å². The maximum Gasteiger partial charge on any atom is 0.107 e. The zero-order chi connectivity index (χ0) is 5.98. The Bertz CT molecular complexity index is 64.9. The fourth-order valence-electron chi connectivity index (χ4n) is 0.852. The van der Waals surface area contributed by atoms with E-state index < -0.39 is 0 Å². The molecule has 1 aliphatic heterocycles. The fraction of sp³-hybridized carbons (Fsp3) is 1.00. The molecule has 1 aliphatic rings. The molecule has 0 radical (unpaired) electrons. The highest BCUT2D eigenvalue weighted by molar-refractivity contribution is 4.78. The summed E-state index contributed by atoms with van der Waals surface area (Å²) in [5.41, 5.74) is 0. The van der Waals surface area contributed by atoms with Gasteiger partial charge in [-0.3, -0.25) is 0 Å². The summed E-state index contributed by atoms with van der Waals surface area (Å²) >= 11 is 0. The summed E-state index contributed by atoms with van der Waals surface area (Å²) < 4.78 is 10.1. The Labute approximate surface area is 49.8 Å². The van der Waals surface area contributed by atoms with Crippen LogP contribution in [0.1, 0.15) is 13.3 Å². The third-order valence-electron chi connectivity index (χ3n) is 1.48. The van der Waals surface area contributed by atoms with Gasteiger partial charge in [-0.05, 0) is 6.42 Å². The lowest BCUT2D eigenvalue weighted by Crippen LogP contribution is -2.15. The maximum atomic E-state index is 5.10. The Hall–Kier alpha value is -0.0800. The van der Waals surface area contributed by atoms with E-state index in [-0.39, 0.29) is 0 Å². The zero-order valence-corrected chi connectivity index (χ0v) is 5.39. The van der Waals surface area contributed by atoms with E-state index in [1.165, 1.54) is 0 Å². The first kappa shape index (κ1) is 6.05. The average molecular weight is 116 g/mol. The largest absolute Gasteiger partial charge is 0.379 e. The Balaban J connectivity index is 2.15. The minimum Gasteiger partial charge on any atom is -0.379 e. The summed E-state index contributed by atoms with van der Waals surface area (Å²) in [6.45, 7) is 3.00. The van der Waals surface area contributed by atoms with Crippen LogP contribution >= 0.6 is 0 Å². The van der Waals surface area contributed by atoms with Crippen LogP contribution in [-0.2, 0) is 9.47 Å². The molecular formula is C6H12O2. The second kappa shape index (κ2) is 2.46. The highest BCUT2D eigenvalue weighted by Gasteiger charge is 2.31. The number of methoxy groups -OCH3 is 1. The number of hydrogen-bond donors (Lipinski definition) is 0. The predicted molar refractivity (Wildman–Crippen MR) is 30.8 cm³/mol. The van der Waals surface area contributed by atoms with Crippen molar-refractivity contribution in [2.24, 2.45) is 0 Å². The molecule has 2 nitrogen and oxygen atoms in total. The van der Waals surface area contributed by atoms with E-state index in [0.717, 1.165) is 13.0 Å². The first-order valence-electron chi connectivity index (χ1n) is 3.03. The molecular weight excluding hydrogens is 104 g/mol. The molecule has 1 unspecified atom stereocenters. The van der Waals surface area contributed by atoms with Gasteiger partial charge in [-0.2, -0.15) is 0 Å². The molecule has 0 bridgehead atoms. The van der Waals surface area contributed by atoms with Gasteiger partial charge in [0.2, 0.25) is 0 Å². The van der Waals surface area contributed by atoms with Gasteiger partial charge < -0.3 is 9.47 Å². The molecule has 0 saturated carbocycles. The van der Waals surface area contributed by atoms with E-state index in [1.807, 2.05) is 0 Å². The minimum absolute atomic E-state index is 0.343. The van der Waals surface area contributed by atoms with Crippen LogP contribution in [0.5, 0.6) is 0 Å². The molecule has 2 atom stereocenters. The molecule has 1 heterocycles. The van der Waals surface area contributed by atoms with Gasteiger partial charge in [0, 0.05) is 7.11 Å². The third kappa shape index (κ3) is 1.20. The summed E-state index contributed by atoms with van der Waals surface area (Å²) in [6.07, 6.45) is 1.81. The van der Waals surface area contributed by atoms with Crippen LogP contribution in [-0.4, -0.2) is 25.9 Å². The minimum atomic E-state index is 0.343. The lowest BCUT2D eigenvalue weighted by atomic mass is 10.2. The Morgan fingerprint density at radius 2 is 2.50 bits per heavy atom. The van der Waals surface area contributed by atoms with Gasteiger partial charge in [-0.25, -0.2) is 0 Å². The van der Waals surface area contributed by atoms with Crippen molar-refractivity contribution < 1.29 is 9.47 Å². The van der Waals surface area contributed by atoms with Gasteiger partial charge >= 0.3 is 0 Å². The molecule has 0 spiro atoms. The summed E-state index contributed by atoms with van der Waals surface area (Å²) in [5.74, 6) is 0. The van der Waals surface area contributed by atoms with Crippen molar-refractivity contribution in [1.29, 1.82) is 0 Å². The fourth-order valence-corrected chi connectivity index (χ4v) is 0.852. The second-order valence-electron chi connectivity index (χ2n) is 2.05. The summed E-state index contributed by atoms with van der Waals surface area (Å²) in [4.78, 5) is 0. The van der Waals surface area contributed by atoms with E-state index >= 15 is 0 Å². The highest BCUT2D eigenvalue weighted by atomic mass is 16.6. The van der Waals surface area contributed by atoms with Crippen LogP contribution in [0.15, 0.2) is 0 Å². The van der Waals surface area contributed by atoms with E-state index in [0.29, 0.717) is 12.2 Å². The van der Waals surface area contributed by atoms with Crippen molar-refractivity contribution in [3.63, 3.8) is 0 Å². The van der Waals surface area contributed by atoms with Gasteiger partial charge in [0.15, 0.2) is 0 Å². The maximum absolute atomic E-state index is 5.10. The standard InChI is InChI=1S/C6H12O2/c1-3-5(7-2)6-4-8-6/h5-6H,3-4H2,1-2H3/t5?,6-/m0/s1. The Kier molecular flexibility index (Phi) is 1.86. The van der Waals surface area contributed by atoms with Crippen molar-refractivity contribution in [1.82, 2.24) is 0 Å². The zero-order valence-electron chi connectivity index (χ0n) is 5.39. The molecule has 0 N–H and O–H groups in total. The first-order valence-corrected chi connectivity index (χ1v) is 3.03. The van der Waals surface area contributed by atoms with Crippen LogP contribution in [0, 0.1) is 0 Å². The van der Waals surface area contributed by atoms with Crippen molar-refractivity contribution in [2.75, 3.05) is 13.7 Å². The topological polar surface area (TPSA) is 21.8 Å². The van der Waals surface area contributed by atoms with Gasteiger partial charge in [-0.1, -0.05) is 6.92 Å². The molecule has 2 heteroatoms. The molecule has 48 valence electrons. The monoisotopic (exact) mass is 116 g/mol. The van der Waals surface area contributed by atoms with E-state index in [1.54, 1.807) is 7.11 Å². The van der Waals surface area contributed by atoms with Gasteiger partial charge in [0.25, 0.3) is 0 Å². The third-order valence-corrected chi connectivity index (χ3v) is 1.48. The van der Waals surface area contributed by atoms with Crippen molar-refractivity contribution in [2.45, 2.75) is 25.6 Å². The Morgan fingerprint density at radius 1 is 1.88 bits per heavy atom. The number of ether oxygens (including phenoxy) is 2. The van der Waals surface area contributed by atoms with Crippen LogP contribution in [0.4, 0.5) is 0 Å². The van der Waals surface area contributed by atoms with E-state index in [4.69, 9.17) is 9.47 Å². The van der Waals surface area contributed by atoms with Crippen molar-refractivity contribution >= 4 is 0 Å². The molecule has 0 aliphatic carbocycles. The van der Waals surface area contributed by atoms with Crippen molar-refractivity contribution in [3.05, 3.63) is 0 Å². The summed E-state index contributed by atoms with van der Waals surface area (Å²) in [7, 11) is 1.73. The summed E-state index contributed by atoms with van der Waals surface area (Å²) in [5, 5.41) is 0. The number of hydrogen-bond acceptors (Lipinski definition) is 2. The summed E-state index contributed by atoms with van der Waals surface area (Å²) in [6, 6.07) is 0. The highest BCUT2D eigenvalue weighted by Crippen LogP contribution is 2.18. The van der Waals surface area contributed by atoms with Crippen molar-refractivity contribution in [3.8, 4) is 0 Å². The molecule has 0 aromatic rings. The quantitative estimate of drug-likeness (QED) is 0.509. The van der Waals surface area contributed by atoms with Gasteiger partial charge in [0.1, 0.15) is 6.10 Å². The smallest absolute Gasteiger partial charge is 0.107 e. The second-order valence-corrected chi connectivity index (χ2v) is 2.05. The Morgan fingerprint density at radius 3 is 2.62 bits per heavy atom. The molecule has 0 aromatic heterocycles. The molecule has 0 amide bonds. The van der Waals surface area contributed by atoms with Crippen LogP contribution in [0.25, 0.3) is 0 Å². The molecule has 1 rings (SSSR count). The lowest BCUT2D eigenvalue weighted by Gasteiger charge is -2.07. The molecule has 1 fully saturated rings. The normalized spacial score (nSPS) is 30.0. The van der Waals surface area contributed by atoms with Gasteiger partial charge in [-0.15, -0.1) is 0 Å². The number of epoxide rings is 1. The van der Waals surface area contributed by atoms with E-state index in [9.17, 15) is 0 Å². The van der Waals surface area contributed by atoms with Crippen LogP contribution in [0.3, 0.4) is 0 Å². The molecule has 0 aromatic carbocycles. The molecule has 8 heavy (non-hydrogen) atoms. The predicted octanol–water partition coefficient (Wildman–Crippen LogP) is 0.810. The first-order chi connectivity index (χ1) is 3.88. The van der Waals surface area contributed by atoms with Crippen LogP contribution in [0.2, 0.25) is 0 Å². The molecule has 1 saturated heterocycles. The number of rotatable bonds is 3. The average Bonchev–Trinajstić information content (AvgIpc) is 2.53. The van der Waals surface area contributed by atoms with E-state index in [2.05, 4.69) is 6.92 Å².